The minimum atomic E-state index is -0.189. The van der Waals surface area contributed by atoms with Gasteiger partial charge in [-0.25, -0.2) is 0 Å². The first kappa shape index (κ1) is 16.7. The second-order valence-corrected chi connectivity index (χ2v) is 6.17. The van der Waals surface area contributed by atoms with Gasteiger partial charge < -0.3 is 10.6 Å². The van der Waals surface area contributed by atoms with Crippen LogP contribution in [-0.4, -0.2) is 34.3 Å². The smallest absolute Gasteiger partial charge is 0.236 e. The van der Waals surface area contributed by atoms with E-state index in [1.807, 2.05) is 23.9 Å². The van der Waals surface area contributed by atoms with Gasteiger partial charge in [-0.15, -0.1) is 0 Å². The van der Waals surface area contributed by atoms with Gasteiger partial charge in [-0.2, -0.15) is 5.10 Å². The van der Waals surface area contributed by atoms with Crippen molar-refractivity contribution in [1.82, 2.24) is 20.4 Å². The number of hydrogen-bond donors (Lipinski definition) is 2. The van der Waals surface area contributed by atoms with Crippen LogP contribution in [0.15, 0.2) is 30.1 Å². The largest absolute Gasteiger partial charge is 0.354 e. The summed E-state index contributed by atoms with van der Waals surface area (Å²) in [6.45, 7) is 5.48. The van der Waals surface area contributed by atoms with E-state index in [0.29, 0.717) is 0 Å². The lowest BCUT2D eigenvalue weighted by atomic mass is 9.97. The van der Waals surface area contributed by atoms with Gasteiger partial charge in [0.25, 0.3) is 0 Å². The van der Waals surface area contributed by atoms with Crippen LogP contribution in [0.2, 0.25) is 0 Å². The van der Waals surface area contributed by atoms with Crippen molar-refractivity contribution in [2.24, 2.45) is 0 Å². The van der Waals surface area contributed by atoms with Gasteiger partial charge in [-0.05, 0) is 52.0 Å². The van der Waals surface area contributed by atoms with E-state index < -0.39 is 0 Å². The number of amides is 1. The molecule has 1 aromatic heterocycles. The number of nitrogens with zero attached hydrogens (tertiary/aromatic N) is 2. The zero-order valence-electron chi connectivity index (χ0n) is 13.7. The number of rotatable bonds is 8. The van der Waals surface area contributed by atoms with E-state index in [4.69, 9.17) is 0 Å². The fourth-order valence-corrected chi connectivity index (χ4v) is 2.88. The minimum absolute atomic E-state index is 0.0729. The highest BCUT2D eigenvalue weighted by atomic mass is 16.2. The molecule has 1 aliphatic carbocycles. The average Bonchev–Trinajstić information content (AvgIpc) is 3.00. The van der Waals surface area contributed by atoms with E-state index in [2.05, 4.69) is 28.7 Å². The predicted molar refractivity (Wildman–Crippen MR) is 88.5 cm³/mol. The number of allylic oxidation sites excluding steroid dienone is 1. The Morgan fingerprint density at radius 3 is 2.95 bits per heavy atom. The predicted octanol–water partition coefficient (Wildman–Crippen LogP) is 2.26. The van der Waals surface area contributed by atoms with Gasteiger partial charge in [-0.1, -0.05) is 11.6 Å². The van der Waals surface area contributed by atoms with Crippen molar-refractivity contribution in [1.29, 1.82) is 0 Å². The Bertz CT molecular complexity index is 481. The molecule has 2 atom stereocenters. The fourth-order valence-electron chi connectivity index (χ4n) is 2.88. The van der Waals surface area contributed by atoms with Crippen LogP contribution >= 0.6 is 0 Å². The van der Waals surface area contributed by atoms with Gasteiger partial charge >= 0.3 is 0 Å². The van der Waals surface area contributed by atoms with Crippen molar-refractivity contribution in [3.05, 3.63) is 30.1 Å². The minimum Gasteiger partial charge on any atom is -0.354 e. The van der Waals surface area contributed by atoms with Crippen LogP contribution in [0.5, 0.6) is 0 Å². The first-order valence-electron chi connectivity index (χ1n) is 8.34. The molecular formula is C17H28N4O. The molecule has 1 amide bonds. The van der Waals surface area contributed by atoms with Gasteiger partial charge in [0, 0.05) is 25.0 Å². The summed E-state index contributed by atoms with van der Waals surface area (Å²) in [6, 6.07) is 1.91. The molecule has 22 heavy (non-hydrogen) atoms. The Labute approximate surface area is 133 Å². The lowest BCUT2D eigenvalue weighted by molar-refractivity contribution is -0.122. The van der Waals surface area contributed by atoms with E-state index in [1.54, 1.807) is 6.20 Å². The molecule has 122 valence electrons. The van der Waals surface area contributed by atoms with Crippen LogP contribution in [0.1, 0.15) is 46.0 Å². The molecule has 2 N–H and O–H groups in total. The molecule has 0 aliphatic heterocycles. The van der Waals surface area contributed by atoms with Gasteiger partial charge in [0.2, 0.25) is 5.91 Å². The summed E-state index contributed by atoms with van der Waals surface area (Å²) in [6.07, 6.45) is 12.0. The number of carbonyl (C=O) groups is 1. The highest BCUT2D eigenvalue weighted by Gasteiger charge is 2.15. The molecule has 5 nitrogen and oxygen atoms in total. The van der Waals surface area contributed by atoms with Gasteiger partial charge in [0.15, 0.2) is 0 Å². The summed E-state index contributed by atoms with van der Waals surface area (Å²) in [5.41, 5.74) is 1.50. The zero-order chi connectivity index (χ0) is 15.8. The molecule has 1 heterocycles. The molecular weight excluding hydrogens is 276 g/mol. The average molecular weight is 304 g/mol. The molecule has 0 spiro atoms. The van der Waals surface area contributed by atoms with Gasteiger partial charge in [-0.3, -0.25) is 9.48 Å². The quantitative estimate of drug-likeness (QED) is 0.724. The van der Waals surface area contributed by atoms with E-state index in [9.17, 15) is 4.79 Å². The molecule has 2 rings (SSSR count). The summed E-state index contributed by atoms with van der Waals surface area (Å²) in [5, 5.41) is 10.5. The number of nitrogens with one attached hydrogen (secondary N) is 2. The Morgan fingerprint density at radius 1 is 1.41 bits per heavy atom. The van der Waals surface area contributed by atoms with Crippen molar-refractivity contribution in [3.63, 3.8) is 0 Å². The molecule has 0 saturated carbocycles. The first-order valence-corrected chi connectivity index (χ1v) is 8.34. The molecule has 1 aromatic rings. The molecule has 0 bridgehead atoms. The van der Waals surface area contributed by atoms with E-state index >= 15 is 0 Å². The Morgan fingerprint density at radius 2 is 2.27 bits per heavy atom. The van der Waals surface area contributed by atoms with Crippen LogP contribution in [0.4, 0.5) is 0 Å². The van der Waals surface area contributed by atoms with Crippen molar-refractivity contribution in [3.8, 4) is 0 Å². The standard InChI is InChI=1S/C17H28N4O/c1-14(13-21-12-6-10-19-21)20-15(2)17(22)18-11-9-16-7-4-3-5-8-16/h6-7,10,12,14-15,20H,3-5,8-9,11,13H2,1-2H3,(H,18,22). The molecule has 1 aliphatic rings. The van der Waals surface area contributed by atoms with Crippen LogP contribution in [0.3, 0.4) is 0 Å². The lowest BCUT2D eigenvalue weighted by Crippen LogP contribution is -2.47. The van der Waals surface area contributed by atoms with Crippen LogP contribution in [-0.2, 0) is 11.3 Å². The van der Waals surface area contributed by atoms with Crippen LogP contribution in [0, 0.1) is 0 Å². The SMILES string of the molecule is CC(Cn1cccn1)NC(C)C(=O)NCCC1=CCCCC1. The normalized spacial score (nSPS) is 17.6. The van der Waals surface area contributed by atoms with E-state index in [0.717, 1.165) is 19.5 Å². The lowest BCUT2D eigenvalue weighted by Gasteiger charge is -2.20. The maximum absolute atomic E-state index is 12.1. The molecule has 0 radical (unpaired) electrons. The topological polar surface area (TPSA) is 59.0 Å². The summed E-state index contributed by atoms with van der Waals surface area (Å²) in [4.78, 5) is 12.1. The Balaban J connectivity index is 1.64. The third-order valence-corrected chi connectivity index (χ3v) is 4.08. The zero-order valence-corrected chi connectivity index (χ0v) is 13.7. The van der Waals surface area contributed by atoms with Gasteiger partial charge in [0.05, 0.1) is 12.6 Å². The summed E-state index contributed by atoms with van der Waals surface area (Å²) in [5.74, 6) is 0.0729. The number of hydrogen-bond acceptors (Lipinski definition) is 3. The molecule has 0 aromatic carbocycles. The van der Waals surface area contributed by atoms with Crippen molar-refractivity contribution < 1.29 is 4.79 Å². The number of aromatic nitrogens is 2. The first-order chi connectivity index (χ1) is 10.6. The molecule has 2 unspecified atom stereocenters. The second-order valence-electron chi connectivity index (χ2n) is 6.17. The number of carbonyl (C=O) groups excluding carboxylic acids is 1. The third-order valence-electron chi connectivity index (χ3n) is 4.08. The Hall–Kier alpha value is -1.62. The highest BCUT2D eigenvalue weighted by Crippen LogP contribution is 2.19. The summed E-state index contributed by atoms with van der Waals surface area (Å²) < 4.78 is 1.87. The molecule has 0 fully saturated rings. The third kappa shape index (κ3) is 5.64. The maximum Gasteiger partial charge on any atom is 0.236 e. The van der Waals surface area contributed by atoms with Crippen molar-refractivity contribution in [2.45, 2.75) is 64.6 Å². The molecule has 0 saturated heterocycles. The maximum atomic E-state index is 12.1. The van der Waals surface area contributed by atoms with Crippen molar-refractivity contribution >= 4 is 5.91 Å². The highest BCUT2D eigenvalue weighted by molar-refractivity contribution is 5.81. The monoisotopic (exact) mass is 304 g/mol. The summed E-state index contributed by atoms with van der Waals surface area (Å²) in [7, 11) is 0. The fraction of sp³-hybridized carbons (Fsp3) is 0.647. The second kappa shape index (κ2) is 8.73. The van der Waals surface area contributed by atoms with E-state index in [1.165, 1.54) is 31.3 Å². The van der Waals surface area contributed by atoms with Crippen LogP contribution in [0.25, 0.3) is 0 Å². The van der Waals surface area contributed by atoms with Gasteiger partial charge in [0.1, 0.15) is 0 Å². The molecule has 5 heteroatoms. The van der Waals surface area contributed by atoms with Crippen molar-refractivity contribution in [2.75, 3.05) is 6.54 Å². The Kier molecular flexibility index (Phi) is 6.65. The van der Waals surface area contributed by atoms with E-state index in [-0.39, 0.29) is 18.0 Å². The van der Waals surface area contributed by atoms with Crippen LogP contribution < -0.4 is 10.6 Å². The summed E-state index contributed by atoms with van der Waals surface area (Å²) >= 11 is 0.